The number of carbonyl (C=O) groups is 1. The molecular weight excluding hydrogens is 257 g/mol. The van der Waals surface area contributed by atoms with Gasteiger partial charge < -0.3 is 10.6 Å². The maximum atomic E-state index is 12.3. The highest BCUT2D eigenvalue weighted by Crippen LogP contribution is 2.17. The summed E-state index contributed by atoms with van der Waals surface area (Å²) in [7, 11) is 0. The molecule has 3 nitrogen and oxygen atoms in total. The molecule has 1 aromatic carbocycles. The maximum Gasteiger partial charge on any atom is 0.406 e. The van der Waals surface area contributed by atoms with Crippen molar-refractivity contribution >= 4 is 5.91 Å². The van der Waals surface area contributed by atoms with Crippen molar-refractivity contribution in [2.75, 3.05) is 13.1 Å². The zero-order valence-electron chi connectivity index (χ0n) is 10.7. The predicted molar refractivity (Wildman–Crippen MR) is 66.3 cm³/mol. The van der Waals surface area contributed by atoms with Crippen LogP contribution in [0.15, 0.2) is 24.3 Å². The molecule has 0 atom stereocenters. The summed E-state index contributed by atoms with van der Waals surface area (Å²) in [5, 5.41) is 0. The van der Waals surface area contributed by atoms with Gasteiger partial charge >= 0.3 is 6.18 Å². The third-order valence-electron chi connectivity index (χ3n) is 2.72. The van der Waals surface area contributed by atoms with E-state index in [9.17, 15) is 18.0 Å². The molecule has 0 aliphatic carbocycles. The number of benzene rings is 1. The van der Waals surface area contributed by atoms with Crippen LogP contribution >= 0.6 is 0 Å². The molecule has 0 aliphatic heterocycles. The third kappa shape index (κ3) is 5.30. The van der Waals surface area contributed by atoms with Gasteiger partial charge in [-0.15, -0.1) is 0 Å². The van der Waals surface area contributed by atoms with E-state index in [-0.39, 0.29) is 13.0 Å². The molecule has 6 heteroatoms. The molecular formula is C13H17F3N2O. The Labute approximate surface area is 110 Å². The second-order valence-corrected chi connectivity index (χ2v) is 4.22. The van der Waals surface area contributed by atoms with Crippen molar-refractivity contribution in [2.24, 2.45) is 5.73 Å². The minimum Gasteiger partial charge on any atom is -0.334 e. The van der Waals surface area contributed by atoms with Gasteiger partial charge in [0.05, 0.1) is 6.42 Å². The lowest BCUT2D eigenvalue weighted by Crippen LogP contribution is -2.39. The Bertz CT molecular complexity index is 415. The number of carbonyl (C=O) groups excluding carboxylic acids is 1. The van der Waals surface area contributed by atoms with Gasteiger partial charge in [-0.05, 0) is 18.1 Å². The molecule has 0 aromatic heterocycles. The molecule has 1 aromatic rings. The number of rotatable bonds is 5. The average Bonchev–Trinajstić information content (AvgIpc) is 2.35. The van der Waals surface area contributed by atoms with Gasteiger partial charge in [0, 0.05) is 13.1 Å². The van der Waals surface area contributed by atoms with Crippen LogP contribution in [0.4, 0.5) is 13.2 Å². The van der Waals surface area contributed by atoms with Gasteiger partial charge in [-0.25, -0.2) is 0 Å². The van der Waals surface area contributed by atoms with E-state index in [0.717, 1.165) is 10.5 Å². The fraction of sp³-hybridized carbons (Fsp3) is 0.462. The number of alkyl halides is 3. The summed E-state index contributed by atoms with van der Waals surface area (Å²) in [6, 6.07) is 6.95. The molecule has 19 heavy (non-hydrogen) atoms. The molecule has 0 radical (unpaired) electrons. The van der Waals surface area contributed by atoms with E-state index in [1.807, 2.05) is 0 Å². The predicted octanol–water partition coefficient (Wildman–Crippen LogP) is 2.10. The van der Waals surface area contributed by atoms with Crippen LogP contribution in [0.1, 0.15) is 18.1 Å². The summed E-state index contributed by atoms with van der Waals surface area (Å²) in [4.78, 5) is 12.6. The molecule has 0 bridgehead atoms. The van der Waals surface area contributed by atoms with E-state index < -0.39 is 18.6 Å². The first-order valence-corrected chi connectivity index (χ1v) is 5.98. The maximum absolute atomic E-state index is 12.3. The Kier molecular flexibility index (Phi) is 5.35. The molecule has 106 valence electrons. The normalized spacial score (nSPS) is 11.4. The topological polar surface area (TPSA) is 46.3 Å². The van der Waals surface area contributed by atoms with Crippen LogP contribution in [-0.4, -0.2) is 30.1 Å². The van der Waals surface area contributed by atoms with Gasteiger partial charge in [0.2, 0.25) is 5.91 Å². The van der Waals surface area contributed by atoms with Crippen LogP contribution < -0.4 is 5.73 Å². The number of nitrogens with two attached hydrogens (primary N) is 1. The Hall–Kier alpha value is -1.56. The van der Waals surface area contributed by atoms with Gasteiger partial charge in [0.25, 0.3) is 0 Å². The van der Waals surface area contributed by atoms with Crippen LogP contribution in [-0.2, 0) is 17.8 Å². The second-order valence-electron chi connectivity index (χ2n) is 4.22. The first-order chi connectivity index (χ1) is 8.85. The number of amides is 1. The number of halogens is 3. The monoisotopic (exact) mass is 274 g/mol. The lowest BCUT2D eigenvalue weighted by Gasteiger charge is -2.22. The van der Waals surface area contributed by atoms with Crippen molar-refractivity contribution in [1.82, 2.24) is 4.90 Å². The highest BCUT2D eigenvalue weighted by atomic mass is 19.4. The average molecular weight is 274 g/mol. The molecule has 0 heterocycles. The Morgan fingerprint density at radius 3 is 2.16 bits per heavy atom. The number of hydrogen-bond donors (Lipinski definition) is 1. The minimum atomic E-state index is -4.37. The zero-order valence-corrected chi connectivity index (χ0v) is 10.7. The van der Waals surface area contributed by atoms with Crippen molar-refractivity contribution in [3.8, 4) is 0 Å². The summed E-state index contributed by atoms with van der Waals surface area (Å²) >= 11 is 0. The van der Waals surface area contributed by atoms with E-state index >= 15 is 0 Å². The molecule has 1 rings (SSSR count). The smallest absolute Gasteiger partial charge is 0.334 e. The van der Waals surface area contributed by atoms with Gasteiger partial charge in [-0.1, -0.05) is 24.3 Å². The largest absolute Gasteiger partial charge is 0.406 e. The first kappa shape index (κ1) is 15.5. The van der Waals surface area contributed by atoms with Gasteiger partial charge in [0.1, 0.15) is 6.54 Å². The van der Waals surface area contributed by atoms with Gasteiger partial charge in [-0.2, -0.15) is 13.2 Å². The van der Waals surface area contributed by atoms with Gasteiger partial charge in [0.15, 0.2) is 0 Å². The van der Waals surface area contributed by atoms with Crippen molar-refractivity contribution in [1.29, 1.82) is 0 Å². The fourth-order valence-corrected chi connectivity index (χ4v) is 1.67. The Balaban J connectivity index is 2.65. The number of likely N-dealkylation sites (N-methyl/N-ethyl adjacent to an activating group) is 1. The lowest BCUT2D eigenvalue weighted by atomic mass is 10.1. The summed E-state index contributed by atoms with van der Waals surface area (Å²) in [5.41, 5.74) is 7.04. The van der Waals surface area contributed by atoms with E-state index in [2.05, 4.69) is 0 Å². The number of hydrogen-bond acceptors (Lipinski definition) is 2. The van der Waals surface area contributed by atoms with E-state index in [0.29, 0.717) is 12.1 Å². The van der Waals surface area contributed by atoms with Crippen LogP contribution in [0.2, 0.25) is 0 Å². The first-order valence-electron chi connectivity index (χ1n) is 5.98. The second kappa shape index (κ2) is 6.56. The van der Waals surface area contributed by atoms with Crippen molar-refractivity contribution < 1.29 is 18.0 Å². The van der Waals surface area contributed by atoms with Crippen LogP contribution in [0.3, 0.4) is 0 Å². The highest BCUT2D eigenvalue weighted by molar-refractivity contribution is 5.78. The molecule has 0 unspecified atom stereocenters. The molecule has 2 N–H and O–H groups in total. The van der Waals surface area contributed by atoms with Crippen molar-refractivity contribution in [2.45, 2.75) is 26.1 Å². The summed E-state index contributed by atoms with van der Waals surface area (Å²) < 4.78 is 36.8. The fourth-order valence-electron chi connectivity index (χ4n) is 1.67. The molecule has 0 aliphatic rings. The Morgan fingerprint density at radius 1 is 1.21 bits per heavy atom. The summed E-state index contributed by atoms with van der Waals surface area (Å²) in [5.74, 6) is -0.527. The summed E-state index contributed by atoms with van der Waals surface area (Å²) in [6.45, 7) is 0.757. The standard InChI is InChI=1S/C13H17F3N2O/c1-2-18(9-13(14,15)16)12(19)7-10-3-5-11(8-17)6-4-10/h3-6H,2,7-9,17H2,1H3. The van der Waals surface area contributed by atoms with E-state index in [4.69, 9.17) is 5.73 Å². The van der Waals surface area contributed by atoms with Crippen LogP contribution in [0, 0.1) is 0 Å². The molecule has 0 saturated carbocycles. The summed E-state index contributed by atoms with van der Waals surface area (Å²) in [6.07, 6.45) is -4.40. The molecule has 0 fully saturated rings. The molecule has 0 spiro atoms. The van der Waals surface area contributed by atoms with Crippen molar-refractivity contribution in [3.63, 3.8) is 0 Å². The zero-order chi connectivity index (χ0) is 14.5. The van der Waals surface area contributed by atoms with E-state index in [1.54, 1.807) is 24.3 Å². The lowest BCUT2D eigenvalue weighted by molar-refractivity contribution is -0.160. The molecule has 0 saturated heterocycles. The number of nitrogens with zero attached hydrogens (tertiary/aromatic N) is 1. The van der Waals surface area contributed by atoms with Crippen LogP contribution in [0.5, 0.6) is 0 Å². The molecule has 1 amide bonds. The van der Waals surface area contributed by atoms with Crippen molar-refractivity contribution in [3.05, 3.63) is 35.4 Å². The SMILES string of the molecule is CCN(CC(F)(F)F)C(=O)Cc1ccc(CN)cc1. The van der Waals surface area contributed by atoms with Gasteiger partial charge in [-0.3, -0.25) is 4.79 Å². The Morgan fingerprint density at radius 2 is 1.74 bits per heavy atom. The minimum absolute atomic E-state index is 0.0330. The van der Waals surface area contributed by atoms with E-state index in [1.165, 1.54) is 6.92 Å². The highest BCUT2D eigenvalue weighted by Gasteiger charge is 2.32. The quantitative estimate of drug-likeness (QED) is 0.893. The third-order valence-corrected chi connectivity index (χ3v) is 2.72. The van der Waals surface area contributed by atoms with Crippen LogP contribution in [0.25, 0.3) is 0 Å².